The summed E-state index contributed by atoms with van der Waals surface area (Å²) in [5.74, 6) is 1.15. The number of ketones is 3. The number of nitrogens with zero attached hydrogens (tertiary/aromatic N) is 1. The Hall–Kier alpha value is -6.13. The standard InChI is InChI=1S/C8H7FO.C8H10O.C8H8O.C7H8O3S.C7H8OS.C7H8S.C6H7NO.C5H12.C4H10O.C4H10S.C2H6O.C2H6.CH3Cl.CH3NO2/c1-6(10)7-2-4-8(9)5-3-7;2*1-7(9)8-5-3-2-4-6-8;1-10-11(8,9)7-5-3-2-4-6-7;1-9(8)7-5-3-2-4-6-7;1-8-7-5-3-2-4-6-7;1-5(8)6-3-2-4-7-6;1-3-5-4-2;2*1-3-4-5-2;1-3-2;2*1-2;1-2(3)4/h2-5H,1H3;2-7,9H,1H3;2-6H,1H3;2-6H,1H3;2-6H,1H3;2-6H,1H3;2-4,7H,1H3;3-5H2,1-2H3;2*3-4H2,1-2H3;1-2H3;1-2H3;1H3;1H3/t;7-;;;9-;;;;;;;;;/m.0..0........./s1. The topological polar surface area (TPSA) is 209 Å². The number of aromatic nitrogens is 1. The number of nitrogens with one attached hydrogen (secondary N) is 1. The molecule has 20 heteroatoms. The van der Waals surface area contributed by atoms with Gasteiger partial charge in [0.2, 0.25) is 0 Å². The lowest BCUT2D eigenvalue weighted by molar-refractivity contribution is -0.445. The number of thioether (sulfide) groups is 2. The van der Waals surface area contributed by atoms with E-state index in [4.69, 9.17) is 20.0 Å². The van der Waals surface area contributed by atoms with Gasteiger partial charge in [-0.15, -0.1) is 23.4 Å². The van der Waals surface area contributed by atoms with Crippen LogP contribution in [0, 0.1) is 15.9 Å². The zero-order chi connectivity index (χ0) is 70.4. The molecule has 0 spiro atoms. The van der Waals surface area contributed by atoms with E-state index in [-0.39, 0.29) is 34.2 Å². The van der Waals surface area contributed by atoms with E-state index in [1.54, 1.807) is 89.7 Å². The number of Topliss-reactive ketones (excluding diaryl/α,β-unsaturated/α-hetero) is 3. The number of H-pyrrole nitrogens is 1. The molecule has 90 heavy (non-hydrogen) atoms. The first-order valence-corrected chi connectivity index (χ1v) is 35.1. The molecular formula is C70H106ClFN2O12S4. The number of rotatable bonds is 14. The normalized spacial score (nSPS) is 9.58. The molecule has 0 bridgehead atoms. The van der Waals surface area contributed by atoms with E-state index in [0.29, 0.717) is 11.3 Å². The van der Waals surface area contributed by atoms with E-state index in [2.05, 4.69) is 77.8 Å². The van der Waals surface area contributed by atoms with Gasteiger partial charge in [-0.05, 0) is 130 Å². The van der Waals surface area contributed by atoms with Gasteiger partial charge in [0.25, 0.3) is 10.1 Å². The van der Waals surface area contributed by atoms with Crippen molar-refractivity contribution >= 4 is 73.4 Å². The Balaban J connectivity index is -0.000000168. The Kier molecular flexibility index (Phi) is 79.7. The maximum atomic E-state index is 12.2. The third kappa shape index (κ3) is 69.3. The number of halogens is 2. The Morgan fingerprint density at radius 3 is 1.24 bits per heavy atom. The van der Waals surface area contributed by atoms with Crippen molar-refractivity contribution in [1.82, 2.24) is 4.98 Å². The summed E-state index contributed by atoms with van der Waals surface area (Å²) >= 11 is 8.31. The van der Waals surface area contributed by atoms with Crippen molar-refractivity contribution < 1.29 is 55.1 Å². The number of alkyl halides is 1. The van der Waals surface area contributed by atoms with Crippen molar-refractivity contribution in [3.8, 4) is 0 Å². The van der Waals surface area contributed by atoms with Crippen molar-refractivity contribution in [3.63, 3.8) is 0 Å². The third-order valence-electron chi connectivity index (χ3n) is 9.52. The third-order valence-corrected chi connectivity index (χ3v) is 13.3. The molecule has 0 amide bonds. The first-order chi connectivity index (χ1) is 42.9. The molecule has 0 aliphatic heterocycles. The fourth-order valence-electron chi connectivity index (χ4n) is 5.25. The summed E-state index contributed by atoms with van der Waals surface area (Å²) in [5.41, 5.74) is 2.96. The van der Waals surface area contributed by atoms with Gasteiger partial charge in [-0.25, -0.2) is 4.39 Å². The molecule has 7 rings (SSSR count). The van der Waals surface area contributed by atoms with Crippen molar-refractivity contribution in [2.45, 2.75) is 122 Å². The Labute approximate surface area is 557 Å². The van der Waals surface area contributed by atoms with Crippen LogP contribution in [0.15, 0.2) is 209 Å². The number of aliphatic hydroxyl groups excluding tert-OH is 1. The van der Waals surface area contributed by atoms with Gasteiger partial charge in [0.05, 0.1) is 23.8 Å². The Morgan fingerprint density at radius 1 is 0.644 bits per heavy atom. The SMILES string of the molecule is CC.CC(=O)c1ccc(F)cc1.CC(=O)c1ccc[nH]1.CC(=O)c1ccccc1.CCCCC.CCCOC.CCCSC.CCl.COC.COS(=O)(=O)c1ccccc1.CSc1ccccc1.C[C@H](O)c1ccccc1.C[N+](=O)[O-].C[S@](=O)c1ccccc1. The van der Waals surface area contributed by atoms with Crippen LogP contribution in [-0.4, -0.2) is 118 Å². The molecule has 506 valence electrons. The molecule has 0 radical (unpaired) electrons. The second-order valence-electron chi connectivity index (χ2n) is 17.1. The van der Waals surface area contributed by atoms with E-state index in [1.165, 1.54) is 93.0 Å². The number of unbranched alkanes of at least 4 members (excludes halogenated alkanes) is 2. The van der Waals surface area contributed by atoms with Crippen LogP contribution in [0.3, 0.4) is 0 Å². The Bertz CT molecular complexity index is 2680. The monoisotopic (exact) mass is 1350 g/mol. The van der Waals surface area contributed by atoms with E-state index >= 15 is 0 Å². The largest absolute Gasteiger partial charge is 0.389 e. The van der Waals surface area contributed by atoms with Gasteiger partial charge in [-0.2, -0.15) is 20.2 Å². The highest BCUT2D eigenvalue weighted by Crippen LogP contribution is 2.12. The number of aromatic amines is 1. The van der Waals surface area contributed by atoms with Crippen LogP contribution in [0.25, 0.3) is 0 Å². The lowest BCUT2D eigenvalue weighted by Gasteiger charge is -2.00. The number of hydrogen-bond donors (Lipinski definition) is 2. The second-order valence-corrected chi connectivity index (χ2v) is 22.1. The molecule has 0 unspecified atom stereocenters. The first kappa shape index (κ1) is 97.5. The van der Waals surface area contributed by atoms with Gasteiger partial charge in [-0.1, -0.05) is 176 Å². The minimum absolute atomic E-state index is 0.0417. The molecule has 0 fully saturated rings. The summed E-state index contributed by atoms with van der Waals surface area (Å²) in [6, 6.07) is 55.6. The van der Waals surface area contributed by atoms with Crippen molar-refractivity contribution in [1.29, 1.82) is 0 Å². The number of hydrogen-bond acceptors (Lipinski definition) is 14. The van der Waals surface area contributed by atoms with Crippen molar-refractivity contribution in [2.75, 3.05) is 73.0 Å². The van der Waals surface area contributed by atoms with E-state index in [0.717, 1.165) is 43.2 Å². The maximum Gasteiger partial charge on any atom is 0.296 e. The molecule has 0 saturated carbocycles. The quantitative estimate of drug-likeness (QED) is 0.0259. The molecule has 0 aliphatic rings. The van der Waals surface area contributed by atoms with Crippen LogP contribution in [0.4, 0.5) is 4.39 Å². The van der Waals surface area contributed by atoms with E-state index in [9.17, 15) is 31.4 Å². The number of nitro groups is 1. The molecule has 14 nitrogen and oxygen atoms in total. The number of benzene rings is 6. The zero-order valence-electron chi connectivity index (χ0n) is 56.8. The minimum atomic E-state index is -3.50. The molecule has 2 atom stereocenters. The average Bonchev–Trinajstić information content (AvgIpc) is 4.31. The highest BCUT2D eigenvalue weighted by atomic mass is 35.5. The predicted octanol–water partition coefficient (Wildman–Crippen LogP) is 18.8. The fourth-order valence-corrected chi connectivity index (χ4v) is 7.31. The molecule has 6 aromatic carbocycles. The second kappa shape index (κ2) is 73.6. The van der Waals surface area contributed by atoms with Crippen molar-refractivity contribution in [2.24, 2.45) is 0 Å². The Morgan fingerprint density at radius 2 is 1.03 bits per heavy atom. The van der Waals surface area contributed by atoms with Gasteiger partial charge in [0.15, 0.2) is 24.4 Å². The van der Waals surface area contributed by atoms with E-state index in [1.807, 2.05) is 135 Å². The molecule has 1 heterocycles. The average molecular weight is 1350 g/mol. The van der Waals surface area contributed by atoms with Gasteiger partial charge in [0.1, 0.15) is 5.82 Å². The summed E-state index contributed by atoms with van der Waals surface area (Å²) in [6.45, 7) is 19.9. The smallest absolute Gasteiger partial charge is 0.296 e. The first-order valence-electron chi connectivity index (χ1n) is 28.8. The maximum absolute atomic E-state index is 12.2. The number of methoxy groups -OCH3 is 2. The van der Waals surface area contributed by atoms with Crippen LogP contribution in [0.2, 0.25) is 0 Å². The summed E-state index contributed by atoms with van der Waals surface area (Å²) in [7, 11) is 2.66. The lowest BCUT2D eigenvalue weighted by atomic mass is 10.1. The van der Waals surface area contributed by atoms with Crippen LogP contribution >= 0.6 is 35.1 Å². The number of ether oxygens (including phenoxy) is 2. The zero-order valence-corrected chi connectivity index (χ0v) is 60.8. The molecule has 2 N–H and O–H groups in total. The minimum Gasteiger partial charge on any atom is -0.389 e. The number of aliphatic hydroxyl groups is 1. The van der Waals surface area contributed by atoms with Crippen LogP contribution in [-0.2, 0) is 34.6 Å². The van der Waals surface area contributed by atoms with Crippen molar-refractivity contribution in [3.05, 3.63) is 233 Å². The van der Waals surface area contributed by atoms with Crippen LogP contribution in [0.1, 0.15) is 144 Å². The highest BCUT2D eigenvalue weighted by molar-refractivity contribution is 7.98. The molecule has 1 aromatic heterocycles. The highest BCUT2D eigenvalue weighted by Gasteiger charge is 2.10. The summed E-state index contributed by atoms with van der Waals surface area (Å²) in [6.07, 6.45) is 15.3. The molecule has 0 aliphatic carbocycles. The van der Waals surface area contributed by atoms with Crippen LogP contribution < -0.4 is 0 Å². The van der Waals surface area contributed by atoms with Gasteiger partial charge >= 0.3 is 0 Å². The number of carbonyl (C=O) groups excluding carboxylic acids is 3. The summed E-state index contributed by atoms with van der Waals surface area (Å²) in [4.78, 5) is 45.2. The number of carbonyl (C=O) groups is 3. The summed E-state index contributed by atoms with van der Waals surface area (Å²) < 4.78 is 58.2. The van der Waals surface area contributed by atoms with Gasteiger partial charge < -0.3 is 19.6 Å². The summed E-state index contributed by atoms with van der Waals surface area (Å²) in [5, 5.41) is 17.8. The molecule has 7 aromatic rings. The molecule has 0 saturated heterocycles. The van der Waals surface area contributed by atoms with Crippen LogP contribution in [0.5, 0.6) is 0 Å². The van der Waals surface area contributed by atoms with Gasteiger partial charge in [-0.3, -0.25) is 32.9 Å². The molecular weight excluding hydrogens is 1240 g/mol. The predicted molar refractivity (Wildman–Crippen MR) is 383 cm³/mol. The van der Waals surface area contributed by atoms with E-state index < -0.39 is 25.8 Å². The fraction of sp³-hybridized carbons (Fsp3) is 0.386. The van der Waals surface area contributed by atoms with Gasteiger partial charge in [0, 0.05) is 90.3 Å². The lowest BCUT2D eigenvalue weighted by Crippen LogP contribution is -2.01.